The summed E-state index contributed by atoms with van der Waals surface area (Å²) in [5.74, 6) is 2.83. The Balaban J connectivity index is 0.000000611. The smallest absolute Gasteiger partial charge is 0.144 e. The minimum atomic E-state index is -2.67. The summed E-state index contributed by atoms with van der Waals surface area (Å²) in [6, 6.07) is 25.0. The summed E-state index contributed by atoms with van der Waals surface area (Å²) in [6.07, 6.45) is 12.5. The molecule has 0 heterocycles. The number of ether oxygens (including phenoxy) is 2. The first-order valence-electron chi connectivity index (χ1n) is 16.9. The Hall–Kier alpha value is -2.79. The minimum absolute atomic E-state index is 0.260. The summed E-state index contributed by atoms with van der Waals surface area (Å²) in [5, 5.41) is 0. The van der Waals surface area contributed by atoms with E-state index < -0.39 is 9.84 Å². The van der Waals surface area contributed by atoms with Gasteiger partial charge in [0.25, 0.3) is 0 Å². The van der Waals surface area contributed by atoms with Crippen LogP contribution in [0.1, 0.15) is 118 Å². The van der Waals surface area contributed by atoms with Crippen LogP contribution in [-0.2, 0) is 20.7 Å². The molecule has 4 nitrogen and oxygen atoms in total. The van der Waals surface area contributed by atoms with Gasteiger partial charge in [0.15, 0.2) is 0 Å². The van der Waals surface area contributed by atoms with E-state index in [1.165, 1.54) is 67.2 Å². The van der Waals surface area contributed by atoms with Crippen molar-refractivity contribution in [1.29, 1.82) is 0 Å². The lowest BCUT2D eigenvalue weighted by atomic mass is 9.82. The number of benzene rings is 3. The van der Waals surface area contributed by atoms with Gasteiger partial charge in [0.05, 0.1) is 14.2 Å². The van der Waals surface area contributed by atoms with E-state index in [1.807, 2.05) is 48.5 Å². The van der Waals surface area contributed by atoms with Crippen molar-refractivity contribution in [3.8, 4) is 22.6 Å². The first kappa shape index (κ1) is 43.2. The summed E-state index contributed by atoms with van der Waals surface area (Å²) in [5.41, 5.74) is 5.68. The van der Waals surface area contributed by atoms with E-state index in [1.54, 1.807) is 14.2 Å². The van der Waals surface area contributed by atoms with E-state index >= 15 is 0 Å². The van der Waals surface area contributed by atoms with E-state index in [4.69, 9.17) is 9.47 Å². The van der Waals surface area contributed by atoms with E-state index in [9.17, 15) is 8.42 Å². The standard InChI is InChI=1S/C14H14O2.C14H22.C8H16.C3H8.C2H6O2S/c1-15-13-7-3-11(4-8-13)12-5-9-14(16-2)10-6-12;1-13(2,3)11-7-9-12(10-8-11)14(4,5)6;1-2-8-6-4-3-5-7-8;1-3-2;1-5(2,3)4/h3-10H,1-2H3;7-10H,1-6H3;8H,2-7H2,1H3;3H2,1-2H3;1-2H3. The van der Waals surface area contributed by atoms with Gasteiger partial charge in [-0.05, 0) is 63.3 Å². The van der Waals surface area contributed by atoms with Gasteiger partial charge in [0.1, 0.15) is 21.3 Å². The lowest BCUT2D eigenvalue weighted by Gasteiger charge is -2.23. The third-order valence-electron chi connectivity index (χ3n) is 7.43. The molecule has 1 saturated carbocycles. The minimum Gasteiger partial charge on any atom is -0.497 e. The predicted molar refractivity (Wildman–Crippen MR) is 202 cm³/mol. The molecule has 1 aliphatic carbocycles. The molecule has 3 aromatic rings. The van der Waals surface area contributed by atoms with Gasteiger partial charge >= 0.3 is 0 Å². The summed E-state index contributed by atoms with van der Waals surface area (Å²) in [6.45, 7) is 20.1. The largest absolute Gasteiger partial charge is 0.497 e. The Bertz CT molecular complexity index is 1190. The van der Waals surface area contributed by atoms with Crippen molar-refractivity contribution in [2.24, 2.45) is 5.92 Å². The summed E-state index contributed by atoms with van der Waals surface area (Å²) in [7, 11) is 0.671. The van der Waals surface area contributed by atoms with Crippen LogP contribution in [0.15, 0.2) is 72.8 Å². The highest BCUT2D eigenvalue weighted by Crippen LogP contribution is 2.28. The van der Waals surface area contributed by atoms with Crippen molar-refractivity contribution in [3.63, 3.8) is 0 Å². The Morgan fingerprint density at radius 2 is 0.870 bits per heavy atom. The van der Waals surface area contributed by atoms with Crippen LogP contribution in [0, 0.1) is 5.92 Å². The molecule has 260 valence electrons. The molecule has 1 fully saturated rings. The zero-order valence-corrected chi connectivity index (χ0v) is 32.3. The maximum absolute atomic E-state index is 9.63. The van der Waals surface area contributed by atoms with E-state index in [0.717, 1.165) is 29.9 Å². The highest BCUT2D eigenvalue weighted by atomic mass is 32.2. The average molecular weight is 655 g/mol. The first-order chi connectivity index (χ1) is 21.4. The molecule has 1 aliphatic rings. The molecule has 3 aromatic carbocycles. The maximum atomic E-state index is 9.63. The maximum Gasteiger partial charge on any atom is 0.144 e. The van der Waals surface area contributed by atoms with Crippen LogP contribution in [0.25, 0.3) is 11.1 Å². The SMILES string of the molecule is CC(C)(C)c1ccc(C(C)(C)C)cc1.CCC.CCC1CCCCC1.COc1ccc(-c2ccc(OC)cc2)cc1.CS(C)(=O)=O. The Kier molecular flexibility index (Phi) is 20.6. The number of hydrogen-bond acceptors (Lipinski definition) is 4. The van der Waals surface area contributed by atoms with E-state index in [-0.39, 0.29) is 10.8 Å². The lowest BCUT2D eigenvalue weighted by molar-refractivity contribution is 0.349. The second-order valence-electron chi connectivity index (χ2n) is 14.3. The fourth-order valence-electron chi connectivity index (χ4n) is 4.63. The Morgan fingerprint density at radius 3 is 1.07 bits per heavy atom. The van der Waals surface area contributed by atoms with Gasteiger partial charge in [0, 0.05) is 12.5 Å². The number of hydrogen-bond donors (Lipinski definition) is 0. The molecular formula is C41H66O4S. The van der Waals surface area contributed by atoms with Gasteiger partial charge in [-0.2, -0.15) is 0 Å². The van der Waals surface area contributed by atoms with Crippen LogP contribution in [0.2, 0.25) is 0 Å². The molecule has 0 saturated heterocycles. The molecular weight excluding hydrogens is 589 g/mol. The summed E-state index contributed by atoms with van der Waals surface area (Å²) >= 11 is 0. The van der Waals surface area contributed by atoms with Crippen LogP contribution in [0.4, 0.5) is 0 Å². The molecule has 0 atom stereocenters. The lowest BCUT2D eigenvalue weighted by Crippen LogP contribution is -2.14. The molecule has 4 rings (SSSR count). The molecule has 0 amide bonds. The van der Waals surface area contributed by atoms with Crippen molar-refractivity contribution in [3.05, 3.63) is 83.9 Å². The molecule has 0 spiro atoms. The van der Waals surface area contributed by atoms with Crippen molar-refractivity contribution in [2.75, 3.05) is 26.7 Å². The molecule has 0 aliphatic heterocycles. The normalized spacial score (nSPS) is 13.2. The first-order valence-corrected chi connectivity index (χ1v) is 19.2. The van der Waals surface area contributed by atoms with Crippen LogP contribution in [-0.4, -0.2) is 35.1 Å². The molecule has 46 heavy (non-hydrogen) atoms. The average Bonchev–Trinajstić information content (AvgIpc) is 3.01. The highest BCUT2D eigenvalue weighted by Gasteiger charge is 2.16. The van der Waals surface area contributed by atoms with Crippen molar-refractivity contribution in [1.82, 2.24) is 0 Å². The molecule has 0 radical (unpaired) electrons. The number of sulfone groups is 1. The zero-order valence-electron chi connectivity index (χ0n) is 31.5. The number of rotatable bonds is 4. The van der Waals surface area contributed by atoms with Crippen molar-refractivity contribution >= 4 is 9.84 Å². The van der Waals surface area contributed by atoms with Gasteiger partial charge < -0.3 is 9.47 Å². The fraction of sp³-hybridized carbons (Fsp3) is 0.561. The van der Waals surface area contributed by atoms with Crippen LogP contribution in [0.3, 0.4) is 0 Å². The highest BCUT2D eigenvalue weighted by molar-refractivity contribution is 7.89. The predicted octanol–water partition coefficient (Wildman–Crippen LogP) is 11.7. The fourth-order valence-corrected chi connectivity index (χ4v) is 4.63. The van der Waals surface area contributed by atoms with Gasteiger partial charge in [-0.3, -0.25) is 0 Å². The zero-order chi connectivity index (χ0) is 35.4. The monoisotopic (exact) mass is 654 g/mol. The number of methoxy groups -OCH3 is 2. The molecule has 0 bridgehead atoms. The van der Waals surface area contributed by atoms with Crippen LogP contribution in [0.5, 0.6) is 11.5 Å². The van der Waals surface area contributed by atoms with Gasteiger partial charge in [-0.25, -0.2) is 8.42 Å². The third-order valence-corrected chi connectivity index (χ3v) is 7.43. The van der Waals surface area contributed by atoms with Crippen molar-refractivity contribution in [2.45, 2.75) is 118 Å². The molecule has 5 heteroatoms. The molecule has 0 aromatic heterocycles. The van der Waals surface area contributed by atoms with Gasteiger partial charge in [0.2, 0.25) is 0 Å². The van der Waals surface area contributed by atoms with Crippen molar-refractivity contribution < 1.29 is 17.9 Å². The second kappa shape index (κ2) is 21.9. The van der Waals surface area contributed by atoms with E-state index in [0.29, 0.717) is 0 Å². The Labute approximate surface area is 284 Å². The van der Waals surface area contributed by atoms with Gasteiger partial charge in [-0.1, -0.05) is 156 Å². The Morgan fingerprint density at radius 1 is 0.587 bits per heavy atom. The summed E-state index contributed by atoms with van der Waals surface area (Å²) in [4.78, 5) is 0. The van der Waals surface area contributed by atoms with Gasteiger partial charge in [-0.15, -0.1) is 0 Å². The molecule has 0 unspecified atom stereocenters. The van der Waals surface area contributed by atoms with E-state index in [2.05, 4.69) is 86.6 Å². The van der Waals surface area contributed by atoms with Crippen LogP contribution < -0.4 is 9.47 Å². The third kappa shape index (κ3) is 20.4. The quantitative estimate of drug-likeness (QED) is 0.281. The topological polar surface area (TPSA) is 52.6 Å². The summed E-state index contributed by atoms with van der Waals surface area (Å²) < 4.78 is 29.5. The second-order valence-corrected chi connectivity index (χ2v) is 16.6. The van der Waals surface area contributed by atoms with Crippen LogP contribution >= 0.6 is 0 Å². The molecule has 0 N–H and O–H groups in total.